The summed E-state index contributed by atoms with van der Waals surface area (Å²) in [5, 5.41) is 27.4. The van der Waals surface area contributed by atoms with Crippen molar-refractivity contribution >= 4 is 28.5 Å². The highest BCUT2D eigenvalue weighted by Gasteiger charge is 2.20. The maximum absolute atomic E-state index is 9.64. The van der Waals surface area contributed by atoms with Gasteiger partial charge in [-0.05, 0) is 48.2 Å². The SMILES string of the molecule is Cc1cscc1-c1c(C=NO)c2ccccc2n1-c1ccc(O)cc1. The molecule has 0 amide bonds. The molecule has 0 aliphatic heterocycles. The van der Waals surface area contributed by atoms with Gasteiger partial charge < -0.3 is 14.9 Å². The number of hydrogen-bond acceptors (Lipinski definition) is 4. The molecule has 0 bridgehead atoms. The van der Waals surface area contributed by atoms with Gasteiger partial charge in [0.05, 0.1) is 17.4 Å². The minimum atomic E-state index is 0.227. The molecule has 4 nitrogen and oxygen atoms in total. The van der Waals surface area contributed by atoms with Crippen LogP contribution in [0.5, 0.6) is 5.75 Å². The molecule has 0 unspecified atom stereocenters. The molecule has 4 aromatic rings. The first kappa shape index (κ1) is 15.5. The van der Waals surface area contributed by atoms with Crippen molar-refractivity contribution in [2.45, 2.75) is 6.92 Å². The smallest absolute Gasteiger partial charge is 0.115 e. The van der Waals surface area contributed by atoms with E-state index in [1.54, 1.807) is 23.5 Å². The molecule has 124 valence electrons. The summed E-state index contributed by atoms with van der Waals surface area (Å²) in [6.45, 7) is 2.07. The molecule has 0 spiro atoms. The van der Waals surface area contributed by atoms with Gasteiger partial charge in [-0.2, -0.15) is 11.3 Å². The van der Waals surface area contributed by atoms with Gasteiger partial charge in [0.25, 0.3) is 0 Å². The van der Waals surface area contributed by atoms with Crippen LogP contribution in [0.15, 0.2) is 64.4 Å². The number of benzene rings is 2. The van der Waals surface area contributed by atoms with Gasteiger partial charge in [0.1, 0.15) is 5.75 Å². The molecule has 0 aliphatic carbocycles. The summed E-state index contributed by atoms with van der Waals surface area (Å²) < 4.78 is 2.14. The number of thiophene rings is 1. The maximum Gasteiger partial charge on any atom is 0.115 e. The van der Waals surface area contributed by atoms with Crippen molar-refractivity contribution in [3.05, 3.63) is 70.4 Å². The lowest BCUT2D eigenvalue weighted by molar-refractivity contribution is 0.322. The van der Waals surface area contributed by atoms with Gasteiger partial charge >= 0.3 is 0 Å². The van der Waals surface area contributed by atoms with Gasteiger partial charge in [0.2, 0.25) is 0 Å². The van der Waals surface area contributed by atoms with Crippen LogP contribution in [0, 0.1) is 6.92 Å². The first-order valence-electron chi connectivity index (χ1n) is 7.84. The minimum absolute atomic E-state index is 0.227. The zero-order chi connectivity index (χ0) is 17.4. The van der Waals surface area contributed by atoms with E-state index in [0.717, 1.165) is 33.4 Å². The summed E-state index contributed by atoms with van der Waals surface area (Å²) in [6.07, 6.45) is 1.49. The van der Waals surface area contributed by atoms with Gasteiger partial charge in [-0.3, -0.25) is 0 Å². The third kappa shape index (κ3) is 2.49. The normalized spacial score (nSPS) is 11.6. The van der Waals surface area contributed by atoms with Crippen LogP contribution < -0.4 is 0 Å². The molecular weight excluding hydrogens is 332 g/mol. The molecule has 25 heavy (non-hydrogen) atoms. The molecule has 2 N–H and O–H groups in total. The zero-order valence-electron chi connectivity index (χ0n) is 13.5. The average molecular weight is 348 g/mol. The lowest BCUT2D eigenvalue weighted by atomic mass is 10.1. The van der Waals surface area contributed by atoms with E-state index in [2.05, 4.69) is 27.4 Å². The summed E-state index contributed by atoms with van der Waals surface area (Å²) in [7, 11) is 0. The lowest BCUT2D eigenvalue weighted by Gasteiger charge is -2.12. The predicted octanol–water partition coefficient (Wildman–Crippen LogP) is 5.18. The number of phenolic OH excluding ortho intramolecular Hbond substituents is 1. The van der Waals surface area contributed by atoms with E-state index in [9.17, 15) is 10.3 Å². The Kier molecular flexibility index (Phi) is 3.78. The van der Waals surface area contributed by atoms with Gasteiger partial charge in [0.15, 0.2) is 0 Å². The Balaban J connectivity index is 2.16. The number of para-hydroxylation sites is 1. The quantitative estimate of drug-likeness (QED) is 0.304. The number of rotatable bonds is 3. The Labute approximate surface area is 148 Å². The Bertz CT molecular complexity index is 1070. The molecule has 0 aliphatic rings. The zero-order valence-corrected chi connectivity index (χ0v) is 14.4. The highest BCUT2D eigenvalue weighted by molar-refractivity contribution is 7.08. The van der Waals surface area contributed by atoms with Gasteiger partial charge in [-0.15, -0.1) is 0 Å². The van der Waals surface area contributed by atoms with Crippen LogP contribution in [-0.4, -0.2) is 21.1 Å². The van der Waals surface area contributed by atoms with Gasteiger partial charge in [-0.1, -0.05) is 23.4 Å². The number of aromatic nitrogens is 1. The fraction of sp³-hybridized carbons (Fsp3) is 0.0500. The summed E-state index contributed by atoms with van der Waals surface area (Å²) in [5.74, 6) is 0.227. The van der Waals surface area contributed by atoms with Crippen molar-refractivity contribution in [3.8, 4) is 22.7 Å². The second-order valence-corrected chi connectivity index (χ2v) is 6.59. The molecule has 0 fully saturated rings. The van der Waals surface area contributed by atoms with E-state index in [1.807, 2.05) is 36.4 Å². The highest BCUT2D eigenvalue weighted by atomic mass is 32.1. The highest BCUT2D eigenvalue weighted by Crippen LogP contribution is 2.38. The number of nitrogens with zero attached hydrogens (tertiary/aromatic N) is 2. The lowest BCUT2D eigenvalue weighted by Crippen LogP contribution is -1.98. The fourth-order valence-electron chi connectivity index (χ4n) is 3.19. The molecule has 0 atom stereocenters. The Morgan fingerprint density at radius 3 is 2.48 bits per heavy atom. The maximum atomic E-state index is 9.64. The van der Waals surface area contributed by atoms with Crippen molar-refractivity contribution in [2.24, 2.45) is 5.16 Å². The molecule has 4 rings (SSSR count). The Morgan fingerprint density at radius 1 is 1.04 bits per heavy atom. The number of aromatic hydroxyl groups is 1. The predicted molar refractivity (Wildman–Crippen MR) is 102 cm³/mol. The number of phenols is 1. The van der Waals surface area contributed by atoms with Crippen LogP contribution in [0.1, 0.15) is 11.1 Å². The Hall–Kier alpha value is -3.05. The number of oxime groups is 1. The molecular formula is C20H16N2O2S. The monoisotopic (exact) mass is 348 g/mol. The molecule has 2 aromatic carbocycles. The second-order valence-electron chi connectivity index (χ2n) is 5.84. The van der Waals surface area contributed by atoms with E-state index in [0.29, 0.717) is 0 Å². The standard InChI is InChI=1S/C20H16N2O2S/c1-13-11-25-12-18(13)20-17(10-21-24)16-4-2-3-5-19(16)22(20)14-6-8-15(23)9-7-14/h2-12,23-24H,1H3. The van der Waals surface area contributed by atoms with Crippen LogP contribution in [0.25, 0.3) is 27.8 Å². The first-order chi connectivity index (χ1) is 12.2. The van der Waals surface area contributed by atoms with Crippen LogP contribution in [0.4, 0.5) is 0 Å². The summed E-state index contributed by atoms with van der Waals surface area (Å²) in [5.41, 5.74) is 6.07. The third-order valence-corrected chi connectivity index (χ3v) is 5.18. The van der Waals surface area contributed by atoms with Crippen LogP contribution in [0.2, 0.25) is 0 Å². The number of aryl methyl sites for hydroxylation is 1. The van der Waals surface area contributed by atoms with Crippen LogP contribution in [-0.2, 0) is 0 Å². The fourth-order valence-corrected chi connectivity index (χ4v) is 4.02. The molecule has 0 saturated heterocycles. The van der Waals surface area contributed by atoms with E-state index in [4.69, 9.17) is 0 Å². The first-order valence-corrected chi connectivity index (χ1v) is 8.78. The van der Waals surface area contributed by atoms with Crippen molar-refractivity contribution in [1.82, 2.24) is 4.57 Å². The number of hydrogen-bond donors (Lipinski definition) is 2. The molecule has 2 aromatic heterocycles. The second kappa shape index (κ2) is 6.11. The van der Waals surface area contributed by atoms with Crippen molar-refractivity contribution in [3.63, 3.8) is 0 Å². The van der Waals surface area contributed by atoms with Crippen molar-refractivity contribution in [2.75, 3.05) is 0 Å². The molecule has 2 heterocycles. The third-order valence-electron chi connectivity index (χ3n) is 4.32. The topological polar surface area (TPSA) is 57.8 Å². The van der Waals surface area contributed by atoms with Crippen molar-refractivity contribution < 1.29 is 10.3 Å². The van der Waals surface area contributed by atoms with E-state index in [-0.39, 0.29) is 5.75 Å². The van der Waals surface area contributed by atoms with Crippen LogP contribution in [0.3, 0.4) is 0 Å². The summed E-state index contributed by atoms with van der Waals surface area (Å²) in [4.78, 5) is 0. The van der Waals surface area contributed by atoms with E-state index < -0.39 is 0 Å². The minimum Gasteiger partial charge on any atom is -0.508 e. The average Bonchev–Trinajstić information content (AvgIpc) is 3.18. The van der Waals surface area contributed by atoms with Gasteiger partial charge in [0, 0.05) is 27.6 Å². The summed E-state index contributed by atoms with van der Waals surface area (Å²) in [6, 6.07) is 15.1. The molecule has 0 radical (unpaired) electrons. The van der Waals surface area contributed by atoms with Gasteiger partial charge in [-0.25, -0.2) is 0 Å². The molecule has 5 heteroatoms. The molecule has 0 saturated carbocycles. The van der Waals surface area contributed by atoms with Crippen LogP contribution >= 0.6 is 11.3 Å². The number of fused-ring (bicyclic) bond motifs is 1. The Morgan fingerprint density at radius 2 is 1.80 bits per heavy atom. The largest absolute Gasteiger partial charge is 0.508 e. The van der Waals surface area contributed by atoms with E-state index >= 15 is 0 Å². The summed E-state index contributed by atoms with van der Waals surface area (Å²) >= 11 is 1.64. The van der Waals surface area contributed by atoms with Crippen molar-refractivity contribution in [1.29, 1.82) is 0 Å². The van der Waals surface area contributed by atoms with E-state index in [1.165, 1.54) is 11.8 Å².